The Morgan fingerprint density at radius 1 is 1.36 bits per heavy atom. The minimum Gasteiger partial charge on any atom is -0.360 e. The summed E-state index contributed by atoms with van der Waals surface area (Å²) in [6.45, 7) is 0. The number of hydrogen-bond acceptors (Lipinski definition) is 2. The molecule has 0 aliphatic heterocycles. The Bertz CT molecular complexity index is 586. The maximum Gasteiger partial charge on any atom is 0.177 e. The predicted molar refractivity (Wildman–Crippen MR) is 59.1 cm³/mol. The zero-order valence-corrected chi connectivity index (χ0v) is 9.81. The number of nitrogens with one attached hydrogen (secondary N) is 1. The van der Waals surface area contributed by atoms with E-state index in [0.29, 0.717) is 4.90 Å². The summed E-state index contributed by atoms with van der Waals surface area (Å²) in [5.74, 6) is 0. The van der Waals surface area contributed by atoms with Crippen molar-refractivity contribution in [3.8, 4) is 0 Å². The number of fused-ring (bicyclic) bond motifs is 1. The van der Waals surface area contributed by atoms with Gasteiger partial charge in [0.25, 0.3) is 0 Å². The molecule has 1 aromatic carbocycles. The molecule has 0 atom stereocenters. The summed E-state index contributed by atoms with van der Waals surface area (Å²) in [6, 6.07) is 5.50. The number of rotatable bonds is 1. The molecule has 0 amide bonds. The number of aromatic nitrogens is 1. The number of halogens is 1. The molecule has 0 saturated heterocycles. The molecule has 0 aliphatic carbocycles. The predicted octanol–water partition coefficient (Wildman–Crippen LogP) is 2.33. The molecule has 2 rings (SSSR count). The second-order valence-electron chi connectivity index (χ2n) is 3.11. The van der Waals surface area contributed by atoms with E-state index < -0.39 is 9.84 Å². The molecular weight excluding hydrogens is 266 g/mol. The lowest BCUT2D eigenvalue weighted by Crippen LogP contribution is -1.94. The van der Waals surface area contributed by atoms with Crippen LogP contribution in [0.15, 0.2) is 33.8 Å². The number of hydrogen-bond donors (Lipinski definition) is 1. The van der Waals surface area contributed by atoms with Gasteiger partial charge < -0.3 is 4.98 Å². The van der Waals surface area contributed by atoms with E-state index in [-0.39, 0.29) is 0 Å². The average molecular weight is 274 g/mol. The second kappa shape index (κ2) is 3.10. The summed E-state index contributed by atoms with van der Waals surface area (Å²) in [6.07, 6.45) is 2.73. The minimum absolute atomic E-state index is 0.341. The third-order valence-electron chi connectivity index (χ3n) is 2.01. The van der Waals surface area contributed by atoms with Crippen molar-refractivity contribution >= 4 is 36.7 Å². The van der Waals surface area contributed by atoms with Gasteiger partial charge in [0, 0.05) is 27.8 Å². The molecule has 1 aromatic heterocycles. The Kier molecular flexibility index (Phi) is 2.16. The van der Waals surface area contributed by atoms with Crippen LogP contribution in [0.1, 0.15) is 0 Å². The Hall–Kier alpha value is -0.810. The fraction of sp³-hybridized carbons (Fsp3) is 0.111. The third-order valence-corrected chi connectivity index (χ3v) is 3.64. The Morgan fingerprint density at radius 2 is 2.07 bits per heavy atom. The van der Waals surface area contributed by atoms with Gasteiger partial charge in [-0.3, -0.25) is 0 Å². The molecule has 1 heterocycles. The highest BCUT2D eigenvalue weighted by atomic mass is 79.9. The lowest BCUT2D eigenvalue weighted by Gasteiger charge is -1.95. The van der Waals surface area contributed by atoms with Gasteiger partial charge in [-0.1, -0.05) is 15.9 Å². The van der Waals surface area contributed by atoms with E-state index in [1.807, 2.05) is 12.1 Å². The van der Waals surface area contributed by atoms with Gasteiger partial charge in [-0.05, 0) is 18.2 Å². The molecule has 2 aromatic rings. The van der Waals surface area contributed by atoms with Crippen LogP contribution >= 0.6 is 15.9 Å². The van der Waals surface area contributed by atoms with Crippen molar-refractivity contribution in [2.45, 2.75) is 4.90 Å². The molecule has 0 radical (unpaired) electrons. The quantitative estimate of drug-likeness (QED) is 0.867. The van der Waals surface area contributed by atoms with Gasteiger partial charge in [-0.2, -0.15) is 0 Å². The van der Waals surface area contributed by atoms with Crippen LogP contribution in [0.3, 0.4) is 0 Å². The van der Waals surface area contributed by atoms with Gasteiger partial charge in [0.15, 0.2) is 9.84 Å². The van der Waals surface area contributed by atoms with Crippen LogP contribution in [-0.2, 0) is 9.84 Å². The van der Waals surface area contributed by atoms with Crippen molar-refractivity contribution in [1.29, 1.82) is 0 Å². The number of benzene rings is 1. The molecule has 0 saturated carbocycles. The summed E-state index contributed by atoms with van der Waals surface area (Å²) in [5, 5.41) is 0.724. The maximum absolute atomic E-state index is 11.4. The molecule has 0 bridgehead atoms. The Morgan fingerprint density at radius 3 is 2.71 bits per heavy atom. The zero-order chi connectivity index (χ0) is 10.3. The molecule has 0 spiro atoms. The first kappa shape index (κ1) is 9.73. The van der Waals surface area contributed by atoms with Crippen molar-refractivity contribution in [2.24, 2.45) is 0 Å². The molecule has 3 nitrogen and oxygen atoms in total. The summed E-state index contributed by atoms with van der Waals surface area (Å²) in [7, 11) is -3.15. The van der Waals surface area contributed by atoms with E-state index in [1.165, 1.54) is 12.5 Å². The second-order valence-corrected chi connectivity index (χ2v) is 6.01. The van der Waals surface area contributed by atoms with E-state index in [9.17, 15) is 8.42 Å². The van der Waals surface area contributed by atoms with Gasteiger partial charge in [-0.25, -0.2) is 8.42 Å². The van der Waals surface area contributed by atoms with Crippen LogP contribution in [0, 0.1) is 0 Å². The highest BCUT2D eigenvalue weighted by molar-refractivity contribution is 9.10. The summed E-state index contributed by atoms with van der Waals surface area (Å²) >= 11 is 3.31. The number of H-pyrrole nitrogens is 1. The van der Waals surface area contributed by atoms with Crippen molar-refractivity contribution in [3.63, 3.8) is 0 Å². The van der Waals surface area contributed by atoms with Crippen molar-refractivity contribution in [1.82, 2.24) is 4.98 Å². The molecule has 74 valence electrons. The molecule has 14 heavy (non-hydrogen) atoms. The topological polar surface area (TPSA) is 49.9 Å². The molecular formula is C9H8BrNO2S. The van der Waals surface area contributed by atoms with Gasteiger partial charge in [-0.15, -0.1) is 0 Å². The van der Waals surface area contributed by atoms with Gasteiger partial charge in [0.2, 0.25) is 0 Å². The molecule has 0 unspecified atom stereocenters. The smallest absolute Gasteiger partial charge is 0.177 e. The van der Waals surface area contributed by atoms with Gasteiger partial charge >= 0.3 is 0 Å². The molecule has 0 fully saturated rings. The normalized spacial score (nSPS) is 12.1. The van der Waals surface area contributed by atoms with E-state index >= 15 is 0 Å². The number of sulfone groups is 1. The minimum atomic E-state index is -3.15. The van der Waals surface area contributed by atoms with Gasteiger partial charge in [0.1, 0.15) is 0 Å². The Balaban J connectivity index is 2.87. The van der Waals surface area contributed by atoms with Crippen molar-refractivity contribution < 1.29 is 8.42 Å². The van der Waals surface area contributed by atoms with Crippen LogP contribution in [0.4, 0.5) is 0 Å². The van der Waals surface area contributed by atoms with E-state index in [0.717, 1.165) is 15.4 Å². The lowest BCUT2D eigenvalue weighted by atomic mass is 10.2. The van der Waals surface area contributed by atoms with Crippen LogP contribution < -0.4 is 0 Å². The average Bonchev–Trinajstić information content (AvgIpc) is 2.45. The standard InChI is InChI=1S/C9H8BrNO2S/c1-14(12,13)9-5-11-8-3-2-6(10)4-7(8)9/h2-5,11H,1H3. The van der Waals surface area contributed by atoms with Crippen LogP contribution in [-0.4, -0.2) is 19.7 Å². The molecule has 1 N–H and O–H groups in total. The largest absolute Gasteiger partial charge is 0.360 e. The monoisotopic (exact) mass is 273 g/mol. The summed E-state index contributed by atoms with van der Waals surface area (Å²) < 4.78 is 23.6. The van der Waals surface area contributed by atoms with Crippen molar-refractivity contribution in [2.75, 3.05) is 6.26 Å². The first-order valence-electron chi connectivity index (χ1n) is 3.95. The zero-order valence-electron chi connectivity index (χ0n) is 7.41. The van der Waals surface area contributed by atoms with E-state index in [2.05, 4.69) is 20.9 Å². The molecule has 0 aliphatic rings. The van der Waals surface area contributed by atoms with Crippen LogP contribution in [0.25, 0.3) is 10.9 Å². The highest BCUT2D eigenvalue weighted by Crippen LogP contribution is 2.25. The fourth-order valence-corrected chi connectivity index (χ4v) is 2.58. The van der Waals surface area contributed by atoms with Gasteiger partial charge in [0.05, 0.1) is 4.90 Å². The lowest BCUT2D eigenvalue weighted by molar-refractivity contribution is 0.602. The summed E-state index contributed by atoms with van der Waals surface area (Å²) in [5.41, 5.74) is 0.827. The van der Waals surface area contributed by atoms with Crippen LogP contribution in [0.2, 0.25) is 0 Å². The third kappa shape index (κ3) is 1.57. The van der Waals surface area contributed by atoms with Crippen LogP contribution in [0.5, 0.6) is 0 Å². The molecule has 5 heteroatoms. The van der Waals surface area contributed by atoms with E-state index in [4.69, 9.17) is 0 Å². The first-order chi connectivity index (χ1) is 6.48. The summed E-state index contributed by atoms with van der Waals surface area (Å²) in [4.78, 5) is 3.26. The Labute approximate surface area is 90.2 Å². The number of aromatic amines is 1. The van der Waals surface area contributed by atoms with Crippen molar-refractivity contribution in [3.05, 3.63) is 28.9 Å². The first-order valence-corrected chi connectivity index (χ1v) is 6.63. The van der Waals surface area contributed by atoms with E-state index in [1.54, 1.807) is 6.07 Å². The maximum atomic E-state index is 11.4. The fourth-order valence-electron chi connectivity index (χ4n) is 1.37. The highest BCUT2D eigenvalue weighted by Gasteiger charge is 2.13. The SMILES string of the molecule is CS(=O)(=O)c1c[nH]c2ccc(Br)cc12.